The summed E-state index contributed by atoms with van der Waals surface area (Å²) in [5, 5.41) is 140. The van der Waals surface area contributed by atoms with Gasteiger partial charge in [-0.25, -0.2) is 0 Å². The van der Waals surface area contributed by atoms with Crippen LogP contribution in [0.1, 0.15) is 0 Å². The Balaban J connectivity index is 1.30. The summed E-state index contributed by atoms with van der Waals surface area (Å²) in [4.78, 5) is 0. The van der Waals surface area contributed by atoms with Crippen LogP contribution in [-0.4, -0.2) is 221 Å². The maximum atomic E-state index is 10.6. The van der Waals surface area contributed by atoms with E-state index in [-0.39, 0.29) is 0 Å². The Kier molecular flexibility index (Phi) is 12.8. The molecule has 0 saturated carbocycles. The lowest BCUT2D eigenvalue weighted by molar-refractivity contribution is -0.251. The number of ether oxygens (including phenoxy) is 7. The topological polar surface area (TPSA) is 348 Å². The molecule has 0 aliphatic carbocycles. The van der Waals surface area contributed by atoms with Crippen LogP contribution in [0, 0.1) is 0 Å². The van der Waals surface area contributed by atoms with Gasteiger partial charge < -0.3 is 105 Å². The van der Waals surface area contributed by atoms with Crippen molar-refractivity contribution in [1.29, 1.82) is 0 Å². The lowest BCUT2D eigenvalue weighted by Crippen LogP contribution is -2.46. The second-order valence-electron chi connectivity index (χ2n) is 11.2. The lowest BCUT2D eigenvalue weighted by Gasteiger charge is -2.28. The summed E-state index contributed by atoms with van der Waals surface area (Å²) in [6, 6.07) is 0. The zero-order valence-electron chi connectivity index (χ0n) is 23.5. The van der Waals surface area contributed by atoms with Gasteiger partial charge >= 0.3 is 0 Å². The summed E-state index contributed by atoms with van der Waals surface area (Å²) >= 11 is 0. The highest BCUT2D eigenvalue weighted by Gasteiger charge is 2.54. The molecule has 4 aliphatic rings. The van der Waals surface area contributed by atoms with E-state index >= 15 is 0 Å². The van der Waals surface area contributed by atoms with Gasteiger partial charge in [-0.05, 0) is 0 Å². The molecule has 21 nitrogen and oxygen atoms in total. The van der Waals surface area contributed by atoms with Crippen molar-refractivity contribution in [2.45, 2.75) is 123 Å². The van der Waals surface area contributed by atoms with Gasteiger partial charge in [0.25, 0.3) is 0 Å². The van der Waals surface area contributed by atoms with Crippen LogP contribution >= 0.6 is 0 Å². The van der Waals surface area contributed by atoms with Crippen molar-refractivity contribution in [2.75, 3.05) is 26.4 Å². The minimum atomic E-state index is -1.81. The van der Waals surface area contributed by atoms with Crippen LogP contribution in [0.3, 0.4) is 0 Å². The zero-order chi connectivity index (χ0) is 33.3. The summed E-state index contributed by atoms with van der Waals surface area (Å²) < 4.78 is 37.2. The normalized spacial score (nSPS) is 48.1. The summed E-state index contributed by atoms with van der Waals surface area (Å²) in [6.45, 7) is -3.25. The van der Waals surface area contributed by atoms with E-state index in [0.717, 1.165) is 0 Å². The monoisotopic (exact) mass is 666 g/mol. The molecule has 0 amide bonds. The van der Waals surface area contributed by atoms with Crippen molar-refractivity contribution in [1.82, 2.24) is 0 Å². The number of aliphatic hydroxyl groups excluding tert-OH is 14. The Morgan fingerprint density at radius 2 is 0.844 bits per heavy atom. The average Bonchev–Trinajstić information content (AvgIpc) is 3.67. The molecule has 0 radical (unpaired) electrons. The van der Waals surface area contributed by atoms with Crippen molar-refractivity contribution in [3.8, 4) is 0 Å². The quantitative estimate of drug-likeness (QED) is 0.0818. The summed E-state index contributed by atoms with van der Waals surface area (Å²) in [7, 11) is 0. The van der Waals surface area contributed by atoms with Gasteiger partial charge in [0.2, 0.25) is 0 Å². The van der Waals surface area contributed by atoms with Crippen molar-refractivity contribution in [3.63, 3.8) is 0 Å². The Morgan fingerprint density at radius 3 is 1.29 bits per heavy atom. The van der Waals surface area contributed by atoms with Crippen LogP contribution in [0.5, 0.6) is 0 Å². The SMILES string of the molecule is OC[C@@H](O)[C@@H]1O[C@@H](O[C@H](CO)[C@@H]2O[C@@H](OC[C@@H](O)[C@@H]3O[C@@H](O[C@H](CO)[C@@H]4O[C@@H](O)[C@H](O)[C@H]4O)[C@H](O)[C@H]3O)[C@H](O)[C@H]2O)[C@H](O)[C@H]1O. The molecule has 45 heavy (non-hydrogen) atoms. The molecule has 264 valence electrons. The van der Waals surface area contributed by atoms with Gasteiger partial charge in [0.1, 0.15) is 97.7 Å². The van der Waals surface area contributed by atoms with E-state index < -0.39 is 149 Å². The van der Waals surface area contributed by atoms with Gasteiger partial charge in [-0.1, -0.05) is 0 Å². The zero-order valence-corrected chi connectivity index (χ0v) is 23.5. The largest absolute Gasteiger partial charge is 0.394 e. The van der Waals surface area contributed by atoms with Crippen molar-refractivity contribution in [2.24, 2.45) is 0 Å². The van der Waals surface area contributed by atoms with E-state index in [2.05, 4.69) is 0 Å². The smallest absolute Gasteiger partial charge is 0.187 e. The average molecular weight is 667 g/mol. The van der Waals surface area contributed by atoms with Gasteiger partial charge in [0.15, 0.2) is 25.2 Å². The highest BCUT2D eigenvalue weighted by molar-refractivity contribution is 4.97. The highest BCUT2D eigenvalue weighted by Crippen LogP contribution is 2.32. The minimum Gasteiger partial charge on any atom is -0.394 e. The maximum Gasteiger partial charge on any atom is 0.187 e. The maximum absolute atomic E-state index is 10.6. The Hall–Kier alpha value is -0.840. The lowest BCUT2D eigenvalue weighted by atomic mass is 10.0. The first-order valence-corrected chi connectivity index (χ1v) is 14.1. The number of rotatable bonds is 14. The molecule has 4 saturated heterocycles. The van der Waals surface area contributed by atoms with Crippen LogP contribution < -0.4 is 0 Å². The third kappa shape index (κ3) is 7.59. The molecule has 0 aromatic carbocycles. The molecule has 0 spiro atoms. The molecular formula is C24H42O21. The van der Waals surface area contributed by atoms with Crippen LogP contribution in [-0.2, 0) is 33.2 Å². The number of aliphatic hydroxyl groups is 14. The molecule has 20 atom stereocenters. The Morgan fingerprint density at radius 1 is 0.444 bits per heavy atom. The molecule has 0 aromatic heterocycles. The van der Waals surface area contributed by atoms with Gasteiger partial charge in [0.05, 0.1) is 26.4 Å². The Labute approximate surface area is 254 Å². The molecule has 0 unspecified atom stereocenters. The fraction of sp³-hybridized carbons (Fsp3) is 1.00. The predicted molar refractivity (Wildman–Crippen MR) is 134 cm³/mol. The van der Waals surface area contributed by atoms with E-state index in [4.69, 9.17) is 38.3 Å². The van der Waals surface area contributed by atoms with E-state index in [9.17, 15) is 66.4 Å². The molecule has 21 heteroatoms. The van der Waals surface area contributed by atoms with Crippen molar-refractivity contribution < 1.29 is 105 Å². The van der Waals surface area contributed by atoms with Gasteiger partial charge in [0, 0.05) is 0 Å². The predicted octanol–water partition coefficient (Wildman–Crippen LogP) is -9.75. The van der Waals surface area contributed by atoms with Crippen molar-refractivity contribution in [3.05, 3.63) is 0 Å². The van der Waals surface area contributed by atoms with Crippen LogP contribution in [0.15, 0.2) is 0 Å². The third-order valence-electron chi connectivity index (χ3n) is 8.13. The first-order valence-electron chi connectivity index (χ1n) is 14.1. The van der Waals surface area contributed by atoms with Gasteiger partial charge in [-0.15, -0.1) is 0 Å². The standard InChI is InChI=1S/C24H42O21/c25-1-5(28)17-10(31)15(36)23(43-17)41-8(3-27)20-12(33)14(35)22(45-20)39-4-6(29)18-11(32)16(37)24(44-18)40-7(2-26)19-9(30)13(34)21(38)42-19/h5-38H,1-4H2/t5-,6-,7-,8-,9-,10-,11-,12-,13-,14-,15-,16-,17+,18+,19+,20+,21-,22-,23-,24-/m1/s1. The molecule has 4 fully saturated rings. The van der Waals surface area contributed by atoms with Crippen LogP contribution in [0.2, 0.25) is 0 Å². The second kappa shape index (κ2) is 15.6. The molecular weight excluding hydrogens is 624 g/mol. The first kappa shape index (κ1) is 37.0. The van der Waals surface area contributed by atoms with Crippen LogP contribution in [0.4, 0.5) is 0 Å². The second-order valence-corrected chi connectivity index (χ2v) is 11.2. The molecule has 0 bridgehead atoms. The van der Waals surface area contributed by atoms with E-state index in [0.29, 0.717) is 0 Å². The highest BCUT2D eigenvalue weighted by atomic mass is 16.8. The summed E-state index contributed by atoms with van der Waals surface area (Å²) in [6.07, 6.45) is -33.0. The fourth-order valence-electron chi connectivity index (χ4n) is 5.50. The molecule has 4 rings (SSSR count). The molecule has 14 N–H and O–H groups in total. The van der Waals surface area contributed by atoms with E-state index in [1.165, 1.54) is 0 Å². The third-order valence-corrected chi connectivity index (χ3v) is 8.13. The number of hydrogen-bond acceptors (Lipinski definition) is 21. The molecule has 4 aliphatic heterocycles. The molecule has 4 heterocycles. The first-order chi connectivity index (χ1) is 21.2. The minimum absolute atomic E-state index is 0.739. The van der Waals surface area contributed by atoms with Gasteiger partial charge in [-0.2, -0.15) is 0 Å². The van der Waals surface area contributed by atoms with E-state index in [1.807, 2.05) is 0 Å². The van der Waals surface area contributed by atoms with E-state index in [1.54, 1.807) is 0 Å². The van der Waals surface area contributed by atoms with Crippen molar-refractivity contribution >= 4 is 0 Å². The Bertz CT molecular complexity index is 918. The summed E-state index contributed by atoms with van der Waals surface area (Å²) in [5.41, 5.74) is 0. The number of hydrogen-bond donors (Lipinski definition) is 14. The molecule has 0 aromatic rings. The van der Waals surface area contributed by atoms with Crippen LogP contribution in [0.25, 0.3) is 0 Å². The fourth-order valence-corrected chi connectivity index (χ4v) is 5.50. The van der Waals surface area contributed by atoms with Gasteiger partial charge in [-0.3, -0.25) is 0 Å². The summed E-state index contributed by atoms with van der Waals surface area (Å²) in [5.74, 6) is 0.